The zero-order valence-corrected chi connectivity index (χ0v) is 12.5. The molecule has 2 rings (SSSR count). The van der Waals surface area contributed by atoms with Crippen LogP contribution < -0.4 is 5.32 Å². The Balaban J connectivity index is 1.92. The molecule has 0 saturated carbocycles. The van der Waals surface area contributed by atoms with E-state index in [0.717, 1.165) is 15.7 Å². The van der Waals surface area contributed by atoms with Gasteiger partial charge < -0.3 is 5.32 Å². The first-order valence-electron chi connectivity index (χ1n) is 5.94. The van der Waals surface area contributed by atoms with E-state index in [0.29, 0.717) is 17.9 Å². The molecule has 2 aromatic rings. The van der Waals surface area contributed by atoms with E-state index in [1.54, 1.807) is 0 Å². The summed E-state index contributed by atoms with van der Waals surface area (Å²) in [6, 6.07) is 15.1. The zero-order chi connectivity index (χ0) is 13.7. The molecule has 0 aliphatic rings. The largest absolute Gasteiger partial charge is 0.325 e. The molecule has 98 valence electrons. The third kappa shape index (κ3) is 4.08. The molecule has 1 amide bonds. The molecule has 2 aromatic carbocycles. The van der Waals surface area contributed by atoms with Gasteiger partial charge in [0, 0.05) is 15.9 Å². The molecule has 0 fully saturated rings. The van der Waals surface area contributed by atoms with Gasteiger partial charge in [-0.2, -0.15) is 0 Å². The Labute approximate surface area is 125 Å². The lowest BCUT2D eigenvalue weighted by Crippen LogP contribution is -2.12. The number of aryl methyl sites for hydroxylation is 1. The van der Waals surface area contributed by atoms with Crippen LogP contribution in [-0.4, -0.2) is 5.91 Å². The molecule has 0 aromatic heterocycles. The maximum atomic E-state index is 11.9. The minimum Gasteiger partial charge on any atom is -0.325 e. The van der Waals surface area contributed by atoms with Crippen LogP contribution >= 0.6 is 27.5 Å². The van der Waals surface area contributed by atoms with Crippen LogP contribution in [0.15, 0.2) is 53.0 Å². The van der Waals surface area contributed by atoms with Gasteiger partial charge in [0.2, 0.25) is 5.91 Å². The Kier molecular flexibility index (Phi) is 5.00. The Bertz CT molecular complexity index is 586. The lowest BCUT2D eigenvalue weighted by atomic mass is 10.1. The summed E-state index contributed by atoms with van der Waals surface area (Å²) in [5.74, 6) is -0.0215. The highest BCUT2D eigenvalue weighted by molar-refractivity contribution is 9.10. The quantitative estimate of drug-likeness (QED) is 0.862. The van der Waals surface area contributed by atoms with E-state index in [4.69, 9.17) is 11.6 Å². The van der Waals surface area contributed by atoms with E-state index in [-0.39, 0.29) is 5.91 Å². The summed E-state index contributed by atoms with van der Waals surface area (Å²) >= 11 is 9.45. The van der Waals surface area contributed by atoms with Crippen molar-refractivity contribution in [2.45, 2.75) is 12.8 Å². The van der Waals surface area contributed by atoms with Gasteiger partial charge in [0.1, 0.15) is 0 Å². The van der Waals surface area contributed by atoms with Crippen molar-refractivity contribution in [1.29, 1.82) is 0 Å². The van der Waals surface area contributed by atoms with Crippen molar-refractivity contribution in [2.75, 3.05) is 5.32 Å². The summed E-state index contributed by atoms with van der Waals surface area (Å²) in [4.78, 5) is 11.9. The highest BCUT2D eigenvalue weighted by Crippen LogP contribution is 2.22. The highest BCUT2D eigenvalue weighted by atomic mass is 79.9. The van der Waals surface area contributed by atoms with E-state index >= 15 is 0 Å². The second kappa shape index (κ2) is 6.73. The molecule has 0 aliphatic carbocycles. The molecule has 4 heteroatoms. The fourth-order valence-corrected chi connectivity index (χ4v) is 2.34. The van der Waals surface area contributed by atoms with E-state index in [1.807, 2.05) is 48.5 Å². The van der Waals surface area contributed by atoms with Gasteiger partial charge in [-0.05, 0) is 46.1 Å². The second-order valence-electron chi connectivity index (χ2n) is 4.12. The van der Waals surface area contributed by atoms with Crippen LogP contribution in [0.25, 0.3) is 0 Å². The predicted molar refractivity (Wildman–Crippen MR) is 82.5 cm³/mol. The second-order valence-corrected chi connectivity index (χ2v) is 5.38. The van der Waals surface area contributed by atoms with E-state index in [1.165, 1.54) is 0 Å². The number of nitrogens with one attached hydrogen (secondary N) is 1. The Morgan fingerprint density at radius 3 is 2.53 bits per heavy atom. The Hall–Kier alpha value is -1.32. The fraction of sp³-hybridized carbons (Fsp3) is 0.133. The molecular weight excluding hydrogens is 326 g/mol. The summed E-state index contributed by atoms with van der Waals surface area (Å²) in [5, 5.41) is 3.58. The average molecular weight is 339 g/mol. The topological polar surface area (TPSA) is 29.1 Å². The third-order valence-electron chi connectivity index (χ3n) is 2.73. The summed E-state index contributed by atoms with van der Waals surface area (Å²) in [6.45, 7) is 0. The monoisotopic (exact) mass is 337 g/mol. The number of halogens is 2. The first kappa shape index (κ1) is 14.1. The number of hydrogen-bond donors (Lipinski definition) is 1. The van der Waals surface area contributed by atoms with Gasteiger partial charge >= 0.3 is 0 Å². The molecule has 0 saturated heterocycles. The average Bonchev–Trinajstić information content (AvgIpc) is 2.40. The smallest absolute Gasteiger partial charge is 0.224 e. The summed E-state index contributed by atoms with van der Waals surface area (Å²) in [6.07, 6.45) is 1.04. The van der Waals surface area contributed by atoms with E-state index in [9.17, 15) is 4.79 Å². The number of anilines is 1. The summed E-state index contributed by atoms with van der Waals surface area (Å²) in [7, 11) is 0. The Morgan fingerprint density at radius 2 is 1.79 bits per heavy atom. The van der Waals surface area contributed by atoms with Crippen LogP contribution in [-0.2, 0) is 11.2 Å². The maximum absolute atomic E-state index is 11.9. The predicted octanol–water partition coefficient (Wildman–Crippen LogP) is 4.67. The first-order chi connectivity index (χ1) is 9.16. The van der Waals surface area contributed by atoms with Crippen molar-refractivity contribution in [3.63, 3.8) is 0 Å². The molecule has 0 unspecified atom stereocenters. The summed E-state index contributed by atoms with van der Waals surface area (Å²) in [5.41, 5.74) is 1.78. The van der Waals surface area contributed by atoms with Crippen LogP contribution in [0.4, 0.5) is 5.69 Å². The standard InChI is InChI=1S/C15H13BrClNO/c16-12-6-2-4-8-14(12)18-15(19)10-9-11-5-1-3-7-13(11)17/h1-8H,9-10H2,(H,18,19). The third-order valence-corrected chi connectivity index (χ3v) is 3.79. The van der Waals surface area contributed by atoms with Crippen molar-refractivity contribution in [3.05, 3.63) is 63.6 Å². The minimum atomic E-state index is -0.0215. The molecule has 0 heterocycles. The van der Waals surface area contributed by atoms with Crippen LogP contribution in [0.5, 0.6) is 0 Å². The first-order valence-corrected chi connectivity index (χ1v) is 7.11. The molecule has 0 bridgehead atoms. The van der Waals surface area contributed by atoms with E-state index in [2.05, 4.69) is 21.2 Å². The number of benzene rings is 2. The minimum absolute atomic E-state index is 0.0215. The van der Waals surface area contributed by atoms with Crippen LogP contribution in [0.3, 0.4) is 0 Å². The summed E-state index contributed by atoms with van der Waals surface area (Å²) < 4.78 is 0.876. The lowest BCUT2D eigenvalue weighted by Gasteiger charge is -2.07. The molecule has 0 radical (unpaired) electrons. The molecule has 1 N–H and O–H groups in total. The van der Waals surface area contributed by atoms with Crippen molar-refractivity contribution < 1.29 is 4.79 Å². The Morgan fingerprint density at radius 1 is 1.11 bits per heavy atom. The van der Waals surface area contributed by atoms with Crippen LogP contribution in [0.2, 0.25) is 5.02 Å². The molecule has 0 spiro atoms. The number of carbonyl (C=O) groups excluding carboxylic acids is 1. The normalized spacial score (nSPS) is 10.2. The van der Waals surface area contributed by atoms with Crippen LogP contribution in [0, 0.1) is 0 Å². The van der Waals surface area contributed by atoms with Crippen molar-refractivity contribution in [1.82, 2.24) is 0 Å². The van der Waals surface area contributed by atoms with E-state index < -0.39 is 0 Å². The molecule has 0 aliphatic heterocycles. The number of rotatable bonds is 4. The van der Waals surface area contributed by atoms with Crippen molar-refractivity contribution in [3.8, 4) is 0 Å². The molecular formula is C15H13BrClNO. The maximum Gasteiger partial charge on any atom is 0.224 e. The highest BCUT2D eigenvalue weighted by Gasteiger charge is 2.06. The molecule has 2 nitrogen and oxygen atoms in total. The van der Waals surface area contributed by atoms with Crippen molar-refractivity contribution >= 4 is 39.1 Å². The van der Waals surface area contributed by atoms with Gasteiger partial charge in [-0.1, -0.05) is 41.9 Å². The van der Waals surface area contributed by atoms with Gasteiger partial charge in [-0.25, -0.2) is 0 Å². The molecule has 19 heavy (non-hydrogen) atoms. The van der Waals surface area contributed by atoms with Gasteiger partial charge in [-0.15, -0.1) is 0 Å². The SMILES string of the molecule is O=C(CCc1ccccc1Cl)Nc1ccccc1Br. The lowest BCUT2D eigenvalue weighted by molar-refractivity contribution is -0.116. The zero-order valence-electron chi connectivity index (χ0n) is 10.2. The van der Waals surface area contributed by atoms with Crippen LogP contribution in [0.1, 0.15) is 12.0 Å². The van der Waals surface area contributed by atoms with Crippen molar-refractivity contribution in [2.24, 2.45) is 0 Å². The fourth-order valence-electron chi connectivity index (χ4n) is 1.72. The number of hydrogen-bond acceptors (Lipinski definition) is 1. The van der Waals surface area contributed by atoms with Gasteiger partial charge in [0.15, 0.2) is 0 Å². The number of para-hydroxylation sites is 1. The molecule has 0 atom stereocenters. The van der Waals surface area contributed by atoms with Gasteiger partial charge in [0.25, 0.3) is 0 Å². The van der Waals surface area contributed by atoms with Gasteiger partial charge in [-0.3, -0.25) is 4.79 Å². The van der Waals surface area contributed by atoms with Gasteiger partial charge in [0.05, 0.1) is 5.69 Å². The number of carbonyl (C=O) groups is 1. The number of amides is 1.